The third-order valence-electron chi connectivity index (χ3n) is 3.49. The fourth-order valence-corrected chi connectivity index (χ4v) is 2.40. The summed E-state index contributed by atoms with van der Waals surface area (Å²) in [4.78, 5) is 0. The molecule has 1 unspecified atom stereocenters. The van der Waals surface area contributed by atoms with Gasteiger partial charge in [-0.2, -0.15) is 13.2 Å². The molecule has 0 radical (unpaired) electrons. The number of nitrogens with two attached hydrogens (primary N) is 1. The number of rotatable bonds is 2. The molecule has 1 aromatic rings. The van der Waals surface area contributed by atoms with Crippen molar-refractivity contribution in [3.05, 3.63) is 35.4 Å². The normalized spacial score (nSPS) is 19.8. The molecule has 1 saturated heterocycles. The zero-order valence-electron chi connectivity index (χ0n) is 10.0. The van der Waals surface area contributed by atoms with E-state index in [1.807, 2.05) is 0 Å². The van der Waals surface area contributed by atoms with Crippen molar-refractivity contribution in [2.75, 3.05) is 13.1 Å². The zero-order chi connectivity index (χ0) is 13.2. The topological polar surface area (TPSA) is 38.0 Å². The molecule has 2 nitrogen and oxygen atoms in total. The third-order valence-corrected chi connectivity index (χ3v) is 3.49. The van der Waals surface area contributed by atoms with Crippen LogP contribution in [-0.4, -0.2) is 13.1 Å². The first-order valence-electron chi connectivity index (χ1n) is 6.12. The molecule has 18 heavy (non-hydrogen) atoms. The van der Waals surface area contributed by atoms with Crippen LogP contribution in [0.1, 0.15) is 30.0 Å². The van der Waals surface area contributed by atoms with E-state index >= 15 is 0 Å². The number of nitrogens with one attached hydrogen (secondary N) is 1. The summed E-state index contributed by atoms with van der Waals surface area (Å²) in [6.07, 6.45) is -2.47. The molecule has 1 fully saturated rings. The summed E-state index contributed by atoms with van der Waals surface area (Å²) < 4.78 is 37.9. The van der Waals surface area contributed by atoms with Gasteiger partial charge in [-0.15, -0.1) is 0 Å². The highest BCUT2D eigenvalue weighted by atomic mass is 19.4. The molecule has 0 amide bonds. The molecule has 3 N–H and O–H groups in total. The van der Waals surface area contributed by atoms with Crippen LogP contribution >= 0.6 is 0 Å². The van der Waals surface area contributed by atoms with Gasteiger partial charge in [0.25, 0.3) is 0 Å². The number of benzene rings is 1. The van der Waals surface area contributed by atoms with Crippen LogP contribution in [-0.2, 0) is 6.18 Å². The van der Waals surface area contributed by atoms with Crippen LogP contribution < -0.4 is 11.1 Å². The van der Waals surface area contributed by atoms with Crippen LogP contribution in [0.3, 0.4) is 0 Å². The standard InChI is InChI=1S/C13H17F3N2/c14-13(15,16)11-3-1-2-10(8-11)12(17)9-4-6-18-7-5-9/h1-3,8-9,12,18H,4-7,17H2. The van der Waals surface area contributed by atoms with Crippen molar-refractivity contribution in [3.8, 4) is 0 Å². The van der Waals surface area contributed by atoms with Gasteiger partial charge in [-0.25, -0.2) is 0 Å². The van der Waals surface area contributed by atoms with Crippen molar-refractivity contribution in [1.82, 2.24) is 5.32 Å². The van der Waals surface area contributed by atoms with Crippen molar-refractivity contribution in [2.45, 2.75) is 25.1 Å². The Balaban J connectivity index is 2.17. The molecule has 0 aromatic heterocycles. The van der Waals surface area contributed by atoms with Crippen LogP contribution in [0.15, 0.2) is 24.3 Å². The number of halogens is 3. The molecule has 0 saturated carbocycles. The molecule has 1 aromatic carbocycles. The van der Waals surface area contributed by atoms with Crippen molar-refractivity contribution < 1.29 is 13.2 Å². The molecule has 2 rings (SSSR count). The Morgan fingerprint density at radius 2 is 1.89 bits per heavy atom. The van der Waals surface area contributed by atoms with Gasteiger partial charge >= 0.3 is 6.18 Å². The SMILES string of the molecule is NC(c1cccc(C(F)(F)F)c1)C1CCNCC1. The predicted molar refractivity (Wildman–Crippen MR) is 64.0 cm³/mol. The molecule has 0 spiro atoms. The molecule has 1 aliphatic heterocycles. The second kappa shape index (κ2) is 5.28. The molecule has 100 valence electrons. The molecule has 5 heteroatoms. The van der Waals surface area contributed by atoms with Crippen molar-refractivity contribution in [1.29, 1.82) is 0 Å². The van der Waals surface area contributed by atoms with Crippen molar-refractivity contribution in [3.63, 3.8) is 0 Å². The summed E-state index contributed by atoms with van der Waals surface area (Å²) in [6, 6.07) is 5.06. The minimum absolute atomic E-state index is 0.259. The molecule has 1 heterocycles. The minimum atomic E-state index is -4.30. The Bertz CT molecular complexity index is 397. The van der Waals surface area contributed by atoms with Gasteiger partial charge in [0, 0.05) is 6.04 Å². The highest BCUT2D eigenvalue weighted by molar-refractivity contribution is 5.28. The van der Waals surface area contributed by atoms with E-state index in [2.05, 4.69) is 5.32 Å². The maximum atomic E-state index is 12.6. The molecule has 0 bridgehead atoms. The first kappa shape index (κ1) is 13.4. The lowest BCUT2D eigenvalue weighted by Gasteiger charge is -2.28. The van der Waals surface area contributed by atoms with E-state index in [1.165, 1.54) is 12.1 Å². The average Bonchev–Trinajstić information content (AvgIpc) is 2.38. The second-order valence-electron chi connectivity index (χ2n) is 4.74. The fraction of sp³-hybridized carbons (Fsp3) is 0.538. The molecule has 0 aliphatic carbocycles. The Labute approximate surface area is 104 Å². The minimum Gasteiger partial charge on any atom is -0.324 e. The van der Waals surface area contributed by atoms with Gasteiger partial charge in [-0.1, -0.05) is 12.1 Å². The molecular weight excluding hydrogens is 241 g/mol. The lowest BCUT2D eigenvalue weighted by atomic mass is 9.86. The summed E-state index contributed by atoms with van der Waals surface area (Å²) in [5.41, 5.74) is 6.05. The van der Waals surface area contributed by atoms with Gasteiger partial charge in [0.2, 0.25) is 0 Å². The summed E-state index contributed by atoms with van der Waals surface area (Å²) in [5.74, 6) is 0.259. The van der Waals surface area contributed by atoms with Crippen molar-refractivity contribution >= 4 is 0 Å². The highest BCUT2D eigenvalue weighted by Gasteiger charge is 2.31. The van der Waals surface area contributed by atoms with Gasteiger partial charge in [-0.3, -0.25) is 0 Å². The van der Waals surface area contributed by atoms with Crippen molar-refractivity contribution in [2.24, 2.45) is 11.7 Å². The van der Waals surface area contributed by atoms with Crippen LogP contribution in [0, 0.1) is 5.92 Å². The van der Waals surface area contributed by atoms with E-state index in [9.17, 15) is 13.2 Å². The van der Waals surface area contributed by atoms with E-state index < -0.39 is 11.7 Å². The van der Waals surface area contributed by atoms with Crippen LogP contribution in [0.5, 0.6) is 0 Å². The van der Waals surface area contributed by atoms with E-state index in [0.717, 1.165) is 32.0 Å². The maximum Gasteiger partial charge on any atom is 0.416 e. The fourth-order valence-electron chi connectivity index (χ4n) is 2.40. The van der Waals surface area contributed by atoms with Gasteiger partial charge in [0.1, 0.15) is 0 Å². The van der Waals surface area contributed by atoms with Gasteiger partial charge in [0.05, 0.1) is 5.56 Å². The number of alkyl halides is 3. The van der Waals surface area contributed by atoms with E-state index in [0.29, 0.717) is 5.56 Å². The quantitative estimate of drug-likeness (QED) is 0.856. The molecular formula is C13H17F3N2. The van der Waals surface area contributed by atoms with Crippen LogP contribution in [0.2, 0.25) is 0 Å². The van der Waals surface area contributed by atoms with E-state index in [1.54, 1.807) is 6.07 Å². The second-order valence-corrected chi connectivity index (χ2v) is 4.74. The Morgan fingerprint density at radius 1 is 1.22 bits per heavy atom. The molecule has 1 atom stereocenters. The monoisotopic (exact) mass is 258 g/mol. The van der Waals surface area contributed by atoms with Gasteiger partial charge in [-0.05, 0) is 49.5 Å². The summed E-state index contributed by atoms with van der Waals surface area (Å²) >= 11 is 0. The lowest BCUT2D eigenvalue weighted by molar-refractivity contribution is -0.137. The Kier molecular flexibility index (Phi) is 3.92. The summed E-state index contributed by atoms with van der Waals surface area (Å²) in [6.45, 7) is 1.77. The van der Waals surface area contributed by atoms with Crippen LogP contribution in [0.4, 0.5) is 13.2 Å². The maximum absolute atomic E-state index is 12.6. The van der Waals surface area contributed by atoms with Gasteiger partial charge < -0.3 is 11.1 Å². The van der Waals surface area contributed by atoms with E-state index in [-0.39, 0.29) is 12.0 Å². The number of piperidine rings is 1. The summed E-state index contributed by atoms with van der Waals surface area (Å²) in [7, 11) is 0. The smallest absolute Gasteiger partial charge is 0.324 e. The lowest BCUT2D eigenvalue weighted by Crippen LogP contribution is -2.33. The predicted octanol–water partition coefficient (Wildman–Crippen LogP) is 2.70. The largest absolute Gasteiger partial charge is 0.416 e. The Morgan fingerprint density at radius 3 is 2.50 bits per heavy atom. The third kappa shape index (κ3) is 3.03. The van der Waals surface area contributed by atoms with Crippen LogP contribution in [0.25, 0.3) is 0 Å². The first-order valence-corrected chi connectivity index (χ1v) is 6.12. The van der Waals surface area contributed by atoms with E-state index in [4.69, 9.17) is 5.73 Å². The zero-order valence-corrected chi connectivity index (χ0v) is 10.0. The summed E-state index contributed by atoms with van der Waals surface area (Å²) in [5, 5.41) is 3.22. The highest BCUT2D eigenvalue weighted by Crippen LogP contribution is 2.33. The number of hydrogen-bond donors (Lipinski definition) is 2. The van der Waals surface area contributed by atoms with Gasteiger partial charge in [0.15, 0.2) is 0 Å². The molecule has 1 aliphatic rings. The first-order chi connectivity index (χ1) is 8.48. The number of hydrogen-bond acceptors (Lipinski definition) is 2. The average molecular weight is 258 g/mol. The Hall–Kier alpha value is -1.07.